The Morgan fingerprint density at radius 1 is 1.00 bits per heavy atom. The Balaban J connectivity index is 2.08. The molecule has 2 aromatic heterocycles. The van der Waals surface area contributed by atoms with Crippen molar-refractivity contribution >= 4 is 10.9 Å². The molecule has 0 spiro atoms. The number of pyridine rings is 1. The van der Waals surface area contributed by atoms with E-state index in [1.165, 1.54) is 0 Å². The summed E-state index contributed by atoms with van der Waals surface area (Å²) in [7, 11) is 0. The first-order valence-corrected chi connectivity index (χ1v) is 7.67. The van der Waals surface area contributed by atoms with Gasteiger partial charge in [-0.05, 0) is 56.4 Å². The van der Waals surface area contributed by atoms with E-state index in [4.69, 9.17) is 0 Å². The molecule has 4 rings (SSSR count). The Bertz CT molecular complexity index is 851. The van der Waals surface area contributed by atoms with Crippen LogP contribution in [-0.2, 0) is 12.8 Å². The summed E-state index contributed by atoms with van der Waals surface area (Å²) in [6.45, 7) is 1.99. The van der Waals surface area contributed by atoms with Gasteiger partial charge >= 0.3 is 0 Å². The van der Waals surface area contributed by atoms with E-state index in [0.717, 1.165) is 59.0 Å². The molecule has 2 heterocycles. The van der Waals surface area contributed by atoms with Crippen LogP contribution in [0.2, 0.25) is 0 Å². The lowest BCUT2D eigenvalue weighted by atomic mass is 9.95. The largest absolute Gasteiger partial charge is 0.494 e. The lowest BCUT2D eigenvalue weighted by Gasteiger charge is -2.13. The summed E-state index contributed by atoms with van der Waals surface area (Å²) in [5, 5.41) is 22.3. The van der Waals surface area contributed by atoms with Crippen molar-refractivity contribution in [2.75, 3.05) is 0 Å². The quantitative estimate of drug-likeness (QED) is 0.720. The third-order valence-electron chi connectivity index (χ3n) is 4.61. The van der Waals surface area contributed by atoms with Crippen molar-refractivity contribution in [1.82, 2.24) is 9.55 Å². The zero-order chi connectivity index (χ0) is 15.3. The highest BCUT2D eigenvalue weighted by Gasteiger charge is 2.26. The van der Waals surface area contributed by atoms with Crippen LogP contribution < -0.4 is 0 Å². The molecule has 1 aromatic carbocycles. The monoisotopic (exact) mass is 294 g/mol. The van der Waals surface area contributed by atoms with Crippen molar-refractivity contribution < 1.29 is 10.2 Å². The van der Waals surface area contributed by atoms with Gasteiger partial charge in [-0.3, -0.25) is 9.55 Å². The van der Waals surface area contributed by atoms with Gasteiger partial charge in [0.05, 0.1) is 11.2 Å². The number of nitrogens with zero attached hydrogens (tertiary/aromatic N) is 2. The SMILES string of the molecule is Cc1ccc2ncccc2c1-n1c(O)c2c(c1O)CCCC2. The fraction of sp³-hybridized carbons (Fsp3) is 0.278. The minimum absolute atomic E-state index is 0.173. The standard InChI is InChI=1S/C18H18N2O2/c1-11-8-9-15-14(7-4-10-19-15)16(11)20-17(21)12-5-2-3-6-13(12)18(20)22/h4,7-10,21-22H,2-3,5-6H2,1H3. The minimum Gasteiger partial charge on any atom is -0.494 e. The second kappa shape index (κ2) is 4.77. The zero-order valence-electron chi connectivity index (χ0n) is 12.5. The van der Waals surface area contributed by atoms with Gasteiger partial charge in [-0.25, -0.2) is 0 Å². The molecule has 0 fully saturated rings. The van der Waals surface area contributed by atoms with Crippen LogP contribution >= 0.6 is 0 Å². The van der Waals surface area contributed by atoms with Gasteiger partial charge in [0, 0.05) is 22.7 Å². The number of aromatic nitrogens is 2. The molecule has 1 aliphatic rings. The van der Waals surface area contributed by atoms with Crippen molar-refractivity contribution in [3.63, 3.8) is 0 Å². The molecule has 2 N–H and O–H groups in total. The summed E-state index contributed by atoms with van der Waals surface area (Å²) in [5.41, 5.74) is 4.45. The van der Waals surface area contributed by atoms with Gasteiger partial charge in [-0.1, -0.05) is 6.07 Å². The molecule has 1 aliphatic carbocycles. The molecule has 0 aliphatic heterocycles. The van der Waals surface area contributed by atoms with Crippen molar-refractivity contribution in [2.24, 2.45) is 0 Å². The highest BCUT2D eigenvalue weighted by molar-refractivity contribution is 5.89. The molecule has 4 nitrogen and oxygen atoms in total. The Morgan fingerprint density at radius 2 is 1.68 bits per heavy atom. The predicted octanol–water partition coefficient (Wildman–Crippen LogP) is 3.62. The summed E-state index contributed by atoms with van der Waals surface area (Å²) in [6.07, 6.45) is 5.51. The van der Waals surface area contributed by atoms with Gasteiger partial charge in [0.15, 0.2) is 0 Å². The van der Waals surface area contributed by atoms with Crippen LogP contribution in [0.3, 0.4) is 0 Å². The Labute approximate surface area is 128 Å². The first-order valence-electron chi connectivity index (χ1n) is 7.67. The molecular weight excluding hydrogens is 276 g/mol. The molecule has 3 aromatic rings. The Kier molecular flexibility index (Phi) is 2.86. The normalized spacial score (nSPS) is 14.2. The maximum Gasteiger partial charge on any atom is 0.202 e. The van der Waals surface area contributed by atoms with E-state index >= 15 is 0 Å². The van der Waals surface area contributed by atoms with Crippen LogP contribution in [0.15, 0.2) is 30.5 Å². The van der Waals surface area contributed by atoms with Crippen molar-refractivity contribution in [3.05, 3.63) is 47.2 Å². The molecule has 22 heavy (non-hydrogen) atoms. The van der Waals surface area contributed by atoms with Crippen LogP contribution in [-0.4, -0.2) is 19.8 Å². The number of aryl methyl sites for hydroxylation is 1. The van der Waals surface area contributed by atoms with E-state index < -0.39 is 0 Å². The van der Waals surface area contributed by atoms with E-state index in [1.54, 1.807) is 10.8 Å². The third-order valence-corrected chi connectivity index (χ3v) is 4.61. The summed E-state index contributed by atoms with van der Waals surface area (Å²) in [5.74, 6) is 0.346. The number of hydrogen-bond donors (Lipinski definition) is 2. The second-order valence-corrected chi connectivity index (χ2v) is 5.95. The number of benzene rings is 1. The van der Waals surface area contributed by atoms with Crippen LogP contribution in [0, 0.1) is 6.92 Å². The summed E-state index contributed by atoms with van der Waals surface area (Å²) >= 11 is 0. The Morgan fingerprint density at radius 3 is 2.36 bits per heavy atom. The van der Waals surface area contributed by atoms with E-state index in [-0.39, 0.29) is 11.8 Å². The minimum atomic E-state index is 0.173. The van der Waals surface area contributed by atoms with Gasteiger partial charge in [-0.15, -0.1) is 0 Å². The van der Waals surface area contributed by atoms with E-state index in [9.17, 15) is 10.2 Å². The molecule has 0 unspecified atom stereocenters. The molecule has 0 amide bonds. The Hall–Kier alpha value is -2.49. The fourth-order valence-corrected chi connectivity index (χ4v) is 3.52. The molecule has 0 saturated carbocycles. The lowest BCUT2D eigenvalue weighted by Crippen LogP contribution is -1.98. The van der Waals surface area contributed by atoms with Gasteiger partial charge in [-0.2, -0.15) is 0 Å². The van der Waals surface area contributed by atoms with E-state index in [0.29, 0.717) is 0 Å². The first kappa shape index (κ1) is 13.2. The number of rotatable bonds is 1. The highest BCUT2D eigenvalue weighted by atomic mass is 16.3. The number of fused-ring (bicyclic) bond motifs is 2. The molecule has 0 atom stereocenters. The van der Waals surface area contributed by atoms with Crippen molar-refractivity contribution in [1.29, 1.82) is 0 Å². The maximum atomic E-state index is 10.7. The number of hydrogen-bond acceptors (Lipinski definition) is 3. The molecular formula is C18H18N2O2. The highest BCUT2D eigenvalue weighted by Crippen LogP contribution is 2.42. The molecule has 0 radical (unpaired) electrons. The molecule has 0 bridgehead atoms. The number of aromatic hydroxyl groups is 2. The van der Waals surface area contributed by atoms with Gasteiger partial charge in [0.25, 0.3) is 0 Å². The van der Waals surface area contributed by atoms with Crippen LogP contribution in [0.4, 0.5) is 0 Å². The zero-order valence-corrected chi connectivity index (χ0v) is 12.5. The van der Waals surface area contributed by atoms with Crippen molar-refractivity contribution in [2.45, 2.75) is 32.6 Å². The summed E-state index contributed by atoms with van der Waals surface area (Å²) in [4.78, 5) is 4.37. The summed E-state index contributed by atoms with van der Waals surface area (Å²) in [6, 6.07) is 7.79. The average molecular weight is 294 g/mol. The van der Waals surface area contributed by atoms with Gasteiger partial charge in [0.1, 0.15) is 0 Å². The third kappa shape index (κ3) is 1.73. The first-order chi connectivity index (χ1) is 10.7. The van der Waals surface area contributed by atoms with Crippen molar-refractivity contribution in [3.8, 4) is 17.4 Å². The van der Waals surface area contributed by atoms with Crippen LogP contribution in [0.1, 0.15) is 29.5 Å². The fourth-order valence-electron chi connectivity index (χ4n) is 3.52. The van der Waals surface area contributed by atoms with Gasteiger partial charge in [0.2, 0.25) is 11.8 Å². The smallest absolute Gasteiger partial charge is 0.202 e. The second-order valence-electron chi connectivity index (χ2n) is 5.95. The predicted molar refractivity (Wildman–Crippen MR) is 85.8 cm³/mol. The van der Waals surface area contributed by atoms with Gasteiger partial charge < -0.3 is 10.2 Å². The molecule has 112 valence electrons. The van der Waals surface area contributed by atoms with Crippen LogP contribution in [0.5, 0.6) is 11.8 Å². The van der Waals surface area contributed by atoms with Crippen LogP contribution in [0.25, 0.3) is 16.6 Å². The maximum absolute atomic E-state index is 10.7. The molecule has 0 saturated heterocycles. The van der Waals surface area contributed by atoms with E-state index in [1.807, 2.05) is 31.2 Å². The topological polar surface area (TPSA) is 58.3 Å². The van der Waals surface area contributed by atoms with E-state index in [2.05, 4.69) is 4.98 Å². The summed E-state index contributed by atoms with van der Waals surface area (Å²) < 4.78 is 1.59. The average Bonchev–Trinajstić information content (AvgIpc) is 2.80. The molecule has 4 heteroatoms. The lowest BCUT2D eigenvalue weighted by molar-refractivity contribution is 0.400.